The molecule has 0 atom stereocenters. The van der Waals surface area contributed by atoms with Crippen LogP contribution in [0.15, 0.2) is 48.2 Å². The van der Waals surface area contributed by atoms with Gasteiger partial charge in [-0.3, -0.25) is 9.78 Å². The van der Waals surface area contributed by atoms with Crippen LogP contribution < -0.4 is 4.74 Å². The first kappa shape index (κ1) is 30.5. The van der Waals surface area contributed by atoms with Crippen LogP contribution in [0, 0.1) is 37.7 Å². The van der Waals surface area contributed by atoms with Crippen molar-refractivity contribution in [2.75, 3.05) is 7.11 Å². The van der Waals surface area contributed by atoms with Crippen LogP contribution in [-0.4, -0.2) is 23.0 Å². The maximum absolute atomic E-state index is 11.5. The van der Waals surface area contributed by atoms with Crippen molar-refractivity contribution in [3.63, 3.8) is 0 Å². The van der Waals surface area contributed by atoms with E-state index in [4.69, 9.17) is 9.72 Å². The Balaban J connectivity index is 0.000000383. The molecule has 1 radical (unpaired) electrons. The number of aryl methyl sites for hydroxylation is 2. The van der Waals surface area contributed by atoms with E-state index in [2.05, 4.69) is 45.0 Å². The van der Waals surface area contributed by atoms with E-state index < -0.39 is 5.41 Å². The van der Waals surface area contributed by atoms with Gasteiger partial charge in [0.05, 0.1) is 12.6 Å². The summed E-state index contributed by atoms with van der Waals surface area (Å²) in [6, 6.07) is 15.7. The molecule has 0 fully saturated rings. The van der Waals surface area contributed by atoms with Crippen LogP contribution >= 0.6 is 0 Å². The number of methoxy groups -OCH3 is 1. The minimum Gasteiger partial charge on any atom is -0.512 e. The number of rotatable bonds is 3. The fourth-order valence-corrected chi connectivity index (χ4v) is 3.14. The number of carbonyl (C=O) groups is 1. The molecule has 4 nitrogen and oxygen atoms in total. The fraction of sp³-hybridized carbons (Fsp3) is 0.400. The fourth-order valence-electron chi connectivity index (χ4n) is 3.14. The van der Waals surface area contributed by atoms with Gasteiger partial charge >= 0.3 is 0 Å². The third kappa shape index (κ3) is 8.30. The van der Waals surface area contributed by atoms with E-state index in [-0.39, 0.29) is 37.1 Å². The Labute approximate surface area is 224 Å². The molecule has 0 unspecified atom stereocenters. The van der Waals surface area contributed by atoms with Crippen molar-refractivity contribution in [2.24, 2.45) is 10.8 Å². The molecule has 1 N–H and O–H groups in total. The number of benzene rings is 2. The summed E-state index contributed by atoms with van der Waals surface area (Å²) in [5.41, 5.74) is 5.92. The van der Waals surface area contributed by atoms with E-state index in [0.717, 1.165) is 33.5 Å². The average molecular weight is 653 g/mol. The molecule has 0 saturated carbocycles. The Morgan fingerprint density at radius 2 is 1.60 bits per heavy atom. The molecule has 0 aliphatic rings. The van der Waals surface area contributed by atoms with Crippen LogP contribution in [0.5, 0.6) is 5.75 Å². The standard InChI is InChI=1S/C19H18NO.C11H20O2.Ir/c1-12-9-13(2)14(3)17(10-12)19-7-5-15-11-16(21-4)6-8-18(15)20-19;1-10(2,3)8(12)7-9(13)11(4,5)6;/h5-9,11H,1-4H3;7,12H,1-6H3;/q-1;;/b;8-7-;. The summed E-state index contributed by atoms with van der Waals surface area (Å²) in [7, 11) is 1.68. The van der Waals surface area contributed by atoms with Crippen LogP contribution in [0.2, 0.25) is 0 Å². The molecule has 0 aliphatic heterocycles. The first-order valence-electron chi connectivity index (χ1n) is 11.5. The summed E-state index contributed by atoms with van der Waals surface area (Å²) in [6.07, 6.45) is 1.33. The van der Waals surface area contributed by atoms with Gasteiger partial charge in [-0.1, -0.05) is 74.4 Å². The minimum atomic E-state index is -0.417. The van der Waals surface area contributed by atoms with Crippen molar-refractivity contribution in [1.29, 1.82) is 0 Å². The molecule has 1 heterocycles. The van der Waals surface area contributed by atoms with E-state index in [1.54, 1.807) is 7.11 Å². The van der Waals surface area contributed by atoms with Gasteiger partial charge in [0.15, 0.2) is 5.78 Å². The van der Waals surface area contributed by atoms with Crippen molar-refractivity contribution in [3.8, 4) is 17.0 Å². The quantitative estimate of drug-likeness (QED) is 0.179. The number of ether oxygens (including phenoxy) is 1. The maximum Gasteiger partial charge on any atom is 0.164 e. The summed E-state index contributed by atoms with van der Waals surface area (Å²) in [5.74, 6) is 0.957. The van der Waals surface area contributed by atoms with Gasteiger partial charge in [0.25, 0.3) is 0 Å². The van der Waals surface area contributed by atoms with Crippen molar-refractivity contribution in [1.82, 2.24) is 4.98 Å². The molecular formula is C30H38IrNO3-. The summed E-state index contributed by atoms with van der Waals surface area (Å²) < 4.78 is 5.25. The molecule has 0 aliphatic carbocycles. The summed E-state index contributed by atoms with van der Waals surface area (Å²) in [5, 5.41) is 10.6. The summed E-state index contributed by atoms with van der Waals surface area (Å²) in [6.45, 7) is 17.4. The number of ketones is 1. The molecule has 3 rings (SSSR count). The summed E-state index contributed by atoms with van der Waals surface area (Å²) >= 11 is 0. The van der Waals surface area contributed by atoms with Gasteiger partial charge in [-0.05, 0) is 23.9 Å². The van der Waals surface area contributed by atoms with Gasteiger partial charge in [-0.15, -0.1) is 34.4 Å². The first-order valence-corrected chi connectivity index (χ1v) is 11.5. The van der Waals surface area contributed by atoms with Gasteiger partial charge in [-0.2, -0.15) is 0 Å². The van der Waals surface area contributed by atoms with E-state index >= 15 is 0 Å². The molecule has 191 valence electrons. The number of aromatic nitrogens is 1. The van der Waals surface area contributed by atoms with E-state index in [0.29, 0.717) is 0 Å². The molecule has 0 amide bonds. The zero-order valence-electron chi connectivity index (χ0n) is 22.6. The van der Waals surface area contributed by atoms with Gasteiger partial charge in [0, 0.05) is 42.4 Å². The number of aliphatic hydroxyl groups is 1. The van der Waals surface area contributed by atoms with Gasteiger partial charge in [-0.25, -0.2) is 0 Å². The van der Waals surface area contributed by atoms with Crippen molar-refractivity contribution in [3.05, 3.63) is 71.0 Å². The van der Waals surface area contributed by atoms with E-state index in [9.17, 15) is 9.90 Å². The van der Waals surface area contributed by atoms with E-state index in [1.165, 1.54) is 17.2 Å². The number of nitrogens with zero attached hydrogens (tertiary/aromatic N) is 1. The van der Waals surface area contributed by atoms with Crippen LogP contribution in [-0.2, 0) is 24.9 Å². The molecule has 5 heteroatoms. The molecule has 0 saturated heterocycles. The predicted molar refractivity (Wildman–Crippen MR) is 141 cm³/mol. The molecule has 2 aromatic carbocycles. The molecular weight excluding hydrogens is 615 g/mol. The Morgan fingerprint density at radius 1 is 0.971 bits per heavy atom. The number of pyridine rings is 1. The zero-order valence-corrected chi connectivity index (χ0v) is 25.0. The van der Waals surface area contributed by atoms with Crippen LogP contribution in [0.4, 0.5) is 0 Å². The van der Waals surface area contributed by atoms with Gasteiger partial charge < -0.3 is 9.84 Å². The van der Waals surface area contributed by atoms with Crippen LogP contribution in [0.25, 0.3) is 22.2 Å². The topological polar surface area (TPSA) is 59.4 Å². The monoisotopic (exact) mass is 653 g/mol. The maximum atomic E-state index is 11.5. The smallest absolute Gasteiger partial charge is 0.164 e. The van der Waals surface area contributed by atoms with Crippen LogP contribution in [0.3, 0.4) is 0 Å². The number of aliphatic hydroxyl groups excluding tert-OH is 1. The first-order chi connectivity index (χ1) is 15.6. The third-order valence-electron chi connectivity index (χ3n) is 5.65. The summed E-state index contributed by atoms with van der Waals surface area (Å²) in [4.78, 5) is 16.3. The second-order valence-corrected chi connectivity index (χ2v) is 10.8. The Bertz CT molecular complexity index is 1210. The Kier molecular flexibility index (Phi) is 10.4. The molecule has 35 heavy (non-hydrogen) atoms. The van der Waals surface area contributed by atoms with Crippen molar-refractivity contribution < 1.29 is 34.7 Å². The number of fused-ring (bicyclic) bond motifs is 1. The largest absolute Gasteiger partial charge is 0.512 e. The SMILES string of the molecule is CC(C)(C)C(=O)/C=C(\O)C(C)(C)C.COc1ccc2nc(-c3[c-]c(C)cc(C)c3C)ccc2c1.[Ir]. The number of allylic oxidation sites excluding steroid dienone is 2. The minimum absolute atomic E-state index is 0. The number of carbonyl (C=O) groups excluding carboxylic acids is 1. The molecule has 1 aromatic heterocycles. The van der Waals surface area contributed by atoms with Crippen molar-refractivity contribution in [2.45, 2.75) is 62.3 Å². The second kappa shape index (κ2) is 12.0. The third-order valence-corrected chi connectivity index (χ3v) is 5.65. The van der Waals surface area contributed by atoms with E-state index in [1.807, 2.05) is 59.7 Å². The normalized spacial score (nSPS) is 11.9. The number of hydrogen-bond donors (Lipinski definition) is 1. The van der Waals surface area contributed by atoms with Crippen molar-refractivity contribution >= 4 is 16.7 Å². The predicted octanol–water partition coefficient (Wildman–Crippen LogP) is 7.72. The van der Waals surface area contributed by atoms with Gasteiger partial charge in [0.1, 0.15) is 11.5 Å². The van der Waals surface area contributed by atoms with Crippen LogP contribution in [0.1, 0.15) is 58.2 Å². The molecule has 0 bridgehead atoms. The molecule has 0 spiro atoms. The Morgan fingerprint density at radius 3 is 2.14 bits per heavy atom. The number of hydrogen-bond acceptors (Lipinski definition) is 4. The zero-order chi connectivity index (χ0) is 25.8. The van der Waals surface area contributed by atoms with Gasteiger partial charge in [0.2, 0.25) is 0 Å². The average Bonchev–Trinajstić information content (AvgIpc) is 2.74. The second-order valence-electron chi connectivity index (χ2n) is 10.8. The molecule has 3 aromatic rings. The Hall–Kier alpha value is -2.49.